The largest absolute Gasteiger partial charge is 0.0784 e. The van der Waals surface area contributed by atoms with Crippen molar-refractivity contribution in [2.45, 2.75) is 19.6 Å². The molecule has 0 saturated carbocycles. The Labute approximate surface area is 111 Å². The number of hydrogen-bond donors (Lipinski definition) is 0. The second kappa shape index (κ2) is 5.36. The molecule has 0 aromatic heterocycles. The molecule has 2 aromatic rings. The molecule has 0 radical (unpaired) electrons. The molecule has 0 nitrogen and oxygen atoms in total. The molecule has 0 unspecified atom stereocenters. The van der Waals surface area contributed by atoms with Crippen LogP contribution in [0.1, 0.15) is 11.1 Å². The lowest BCUT2D eigenvalue weighted by Gasteiger charge is -2.21. The van der Waals surface area contributed by atoms with Gasteiger partial charge in [0.1, 0.15) is 0 Å². The zero-order valence-electron chi connectivity index (χ0n) is 11.4. The van der Waals surface area contributed by atoms with Gasteiger partial charge in [-0.15, -0.1) is 0 Å². The molecule has 0 bridgehead atoms. The van der Waals surface area contributed by atoms with E-state index in [0.717, 1.165) is 0 Å². The second-order valence-corrected chi connectivity index (χ2v) is 10.6. The molecule has 0 spiro atoms. The SMILES string of the molecule is C[Si](C)(C)/C(=C\c1ccccc1)c1ccccc1. The fourth-order valence-corrected chi connectivity index (χ4v) is 3.70. The third-order valence-electron chi connectivity index (χ3n) is 3.00. The van der Waals surface area contributed by atoms with Crippen molar-refractivity contribution in [3.05, 3.63) is 71.8 Å². The van der Waals surface area contributed by atoms with Crippen LogP contribution in [0, 0.1) is 0 Å². The summed E-state index contributed by atoms with van der Waals surface area (Å²) in [6, 6.07) is 21.3. The van der Waals surface area contributed by atoms with Crippen LogP contribution in [-0.2, 0) is 0 Å². The summed E-state index contributed by atoms with van der Waals surface area (Å²) in [5, 5.41) is 1.51. The van der Waals surface area contributed by atoms with Crippen LogP contribution in [0.15, 0.2) is 60.7 Å². The topological polar surface area (TPSA) is 0 Å². The fourth-order valence-electron chi connectivity index (χ4n) is 2.07. The average molecular weight is 252 g/mol. The predicted octanol–water partition coefficient (Wildman–Crippen LogP) is 5.10. The van der Waals surface area contributed by atoms with Crippen LogP contribution in [0.5, 0.6) is 0 Å². The number of rotatable bonds is 3. The monoisotopic (exact) mass is 252 g/mol. The van der Waals surface area contributed by atoms with Gasteiger partial charge in [-0.25, -0.2) is 0 Å². The van der Waals surface area contributed by atoms with Crippen molar-refractivity contribution in [1.29, 1.82) is 0 Å². The first kappa shape index (κ1) is 12.8. The first-order chi connectivity index (χ1) is 8.57. The summed E-state index contributed by atoms with van der Waals surface area (Å²) < 4.78 is 0. The third kappa shape index (κ3) is 3.20. The maximum absolute atomic E-state index is 2.40. The molecular formula is C17H20Si. The summed E-state index contributed by atoms with van der Waals surface area (Å²) in [5.41, 5.74) is 2.65. The molecular weight excluding hydrogens is 232 g/mol. The van der Waals surface area contributed by atoms with E-state index in [1.165, 1.54) is 16.3 Å². The van der Waals surface area contributed by atoms with E-state index in [-0.39, 0.29) is 0 Å². The van der Waals surface area contributed by atoms with Gasteiger partial charge in [0.15, 0.2) is 0 Å². The lowest BCUT2D eigenvalue weighted by molar-refractivity contribution is 1.61. The van der Waals surface area contributed by atoms with Gasteiger partial charge in [0, 0.05) is 0 Å². The van der Waals surface area contributed by atoms with Crippen LogP contribution in [0.2, 0.25) is 19.6 Å². The molecule has 2 aromatic carbocycles. The molecule has 0 amide bonds. The molecule has 0 aliphatic rings. The molecule has 92 valence electrons. The van der Waals surface area contributed by atoms with Crippen LogP contribution < -0.4 is 0 Å². The van der Waals surface area contributed by atoms with Crippen molar-refractivity contribution in [2.24, 2.45) is 0 Å². The van der Waals surface area contributed by atoms with Crippen LogP contribution >= 0.6 is 0 Å². The highest BCUT2D eigenvalue weighted by atomic mass is 28.3. The third-order valence-corrected chi connectivity index (χ3v) is 5.05. The van der Waals surface area contributed by atoms with E-state index in [1.807, 2.05) is 0 Å². The van der Waals surface area contributed by atoms with Crippen molar-refractivity contribution in [2.75, 3.05) is 0 Å². The predicted molar refractivity (Wildman–Crippen MR) is 84.1 cm³/mol. The zero-order valence-corrected chi connectivity index (χ0v) is 12.4. The Morgan fingerprint density at radius 3 is 1.78 bits per heavy atom. The van der Waals surface area contributed by atoms with Gasteiger partial charge < -0.3 is 0 Å². The van der Waals surface area contributed by atoms with Crippen molar-refractivity contribution >= 4 is 19.3 Å². The quantitative estimate of drug-likeness (QED) is 0.526. The van der Waals surface area contributed by atoms with E-state index >= 15 is 0 Å². The van der Waals surface area contributed by atoms with Gasteiger partial charge in [-0.2, -0.15) is 0 Å². The molecule has 2 rings (SSSR count). The molecule has 0 aliphatic carbocycles. The minimum atomic E-state index is -1.35. The van der Waals surface area contributed by atoms with Gasteiger partial charge in [0.25, 0.3) is 0 Å². The van der Waals surface area contributed by atoms with E-state index in [0.29, 0.717) is 0 Å². The number of benzene rings is 2. The van der Waals surface area contributed by atoms with E-state index in [1.54, 1.807) is 0 Å². The zero-order chi connectivity index (χ0) is 13.0. The minimum Gasteiger partial charge on any atom is -0.0656 e. The van der Waals surface area contributed by atoms with Gasteiger partial charge >= 0.3 is 0 Å². The second-order valence-electron chi connectivity index (χ2n) is 5.58. The number of hydrogen-bond acceptors (Lipinski definition) is 0. The van der Waals surface area contributed by atoms with E-state index in [9.17, 15) is 0 Å². The van der Waals surface area contributed by atoms with Crippen LogP contribution in [0.25, 0.3) is 11.3 Å². The molecule has 0 aliphatic heterocycles. The van der Waals surface area contributed by atoms with Crippen LogP contribution in [0.3, 0.4) is 0 Å². The molecule has 0 N–H and O–H groups in total. The summed E-state index contributed by atoms with van der Waals surface area (Å²) in [6.45, 7) is 7.19. The fraction of sp³-hybridized carbons (Fsp3) is 0.176. The normalized spacial score (nSPS) is 12.5. The first-order valence-corrected chi connectivity index (χ1v) is 9.90. The summed E-state index contributed by atoms with van der Waals surface area (Å²) in [5.74, 6) is 0. The Balaban J connectivity index is 2.48. The molecule has 0 atom stereocenters. The van der Waals surface area contributed by atoms with Crippen molar-refractivity contribution < 1.29 is 0 Å². The summed E-state index contributed by atoms with van der Waals surface area (Å²) in [7, 11) is -1.35. The summed E-state index contributed by atoms with van der Waals surface area (Å²) in [6.07, 6.45) is 2.35. The maximum atomic E-state index is 2.40. The van der Waals surface area contributed by atoms with Crippen LogP contribution in [0.4, 0.5) is 0 Å². The Morgan fingerprint density at radius 1 is 0.778 bits per heavy atom. The van der Waals surface area contributed by atoms with Gasteiger partial charge in [0.2, 0.25) is 0 Å². The van der Waals surface area contributed by atoms with Gasteiger partial charge in [-0.3, -0.25) is 0 Å². The maximum Gasteiger partial charge on any atom is 0.0784 e. The van der Waals surface area contributed by atoms with Crippen molar-refractivity contribution in [1.82, 2.24) is 0 Å². The molecule has 0 fully saturated rings. The smallest absolute Gasteiger partial charge is 0.0656 e. The highest BCUT2D eigenvalue weighted by molar-refractivity contribution is 6.94. The van der Waals surface area contributed by atoms with E-state index < -0.39 is 8.07 Å². The van der Waals surface area contributed by atoms with Crippen molar-refractivity contribution in [3.8, 4) is 0 Å². The first-order valence-electron chi connectivity index (χ1n) is 6.40. The molecule has 18 heavy (non-hydrogen) atoms. The Hall–Kier alpha value is -1.60. The lowest BCUT2D eigenvalue weighted by atomic mass is 10.1. The average Bonchev–Trinajstić information content (AvgIpc) is 2.37. The standard InChI is InChI=1S/C17H20Si/c1-18(2,3)17(16-12-8-5-9-13-16)14-15-10-6-4-7-11-15/h4-14H,1-3H3/b17-14-. The molecule has 0 heterocycles. The van der Waals surface area contributed by atoms with Crippen molar-refractivity contribution in [3.63, 3.8) is 0 Å². The van der Waals surface area contributed by atoms with Gasteiger partial charge in [0.05, 0.1) is 8.07 Å². The van der Waals surface area contributed by atoms with E-state index in [4.69, 9.17) is 0 Å². The van der Waals surface area contributed by atoms with Crippen LogP contribution in [-0.4, -0.2) is 8.07 Å². The van der Waals surface area contributed by atoms with Gasteiger partial charge in [-0.1, -0.05) is 91.6 Å². The minimum absolute atomic E-state index is 1.29. The molecule has 0 saturated heterocycles. The Kier molecular flexibility index (Phi) is 3.83. The Bertz CT molecular complexity index is 519. The summed E-state index contributed by atoms with van der Waals surface area (Å²) >= 11 is 0. The molecule has 1 heteroatoms. The summed E-state index contributed by atoms with van der Waals surface area (Å²) in [4.78, 5) is 0. The highest BCUT2D eigenvalue weighted by Crippen LogP contribution is 2.27. The van der Waals surface area contributed by atoms with E-state index in [2.05, 4.69) is 86.4 Å². The van der Waals surface area contributed by atoms with Gasteiger partial charge in [-0.05, 0) is 11.1 Å². The Morgan fingerprint density at radius 2 is 1.28 bits per heavy atom. The highest BCUT2D eigenvalue weighted by Gasteiger charge is 2.20. The lowest BCUT2D eigenvalue weighted by Crippen LogP contribution is -2.22.